The van der Waals surface area contributed by atoms with Crippen molar-refractivity contribution in [3.05, 3.63) is 88.0 Å². The number of nitrogens with zero attached hydrogens (tertiary/aromatic N) is 7. The molecule has 0 atom stereocenters. The number of thioether (sulfide) groups is 1. The van der Waals surface area contributed by atoms with Crippen LogP contribution in [0.4, 0.5) is 5.69 Å². The highest BCUT2D eigenvalue weighted by molar-refractivity contribution is 7.98. The van der Waals surface area contributed by atoms with E-state index in [1.165, 1.54) is 17.4 Å². The lowest BCUT2D eigenvalue weighted by molar-refractivity contribution is 0.0740. The van der Waals surface area contributed by atoms with Crippen molar-refractivity contribution >= 4 is 35.0 Å². The number of aryl methyl sites for hydroxylation is 3. The van der Waals surface area contributed by atoms with Crippen LogP contribution in [0, 0.1) is 20.8 Å². The van der Waals surface area contributed by atoms with Crippen molar-refractivity contribution in [2.24, 2.45) is 0 Å². The molecule has 0 bridgehead atoms. The van der Waals surface area contributed by atoms with E-state index in [0.29, 0.717) is 40.4 Å². The largest absolute Gasteiger partial charge is 0.368 e. The number of carbonyl (C=O) groups is 1. The maximum atomic E-state index is 13.7. The molecule has 2 aromatic heterocycles. The first-order chi connectivity index (χ1) is 17.9. The fourth-order valence-corrected chi connectivity index (χ4v) is 5.48. The topological polar surface area (TPSA) is 80.0 Å². The maximum Gasteiger partial charge on any atom is 0.276 e. The monoisotopic (exact) mass is 533 g/mol. The molecular formula is C27H28ClN7OS. The van der Waals surface area contributed by atoms with Crippen molar-refractivity contribution in [3.8, 4) is 5.69 Å². The molecule has 1 aliphatic heterocycles. The van der Waals surface area contributed by atoms with Gasteiger partial charge in [0.2, 0.25) is 0 Å². The van der Waals surface area contributed by atoms with E-state index in [2.05, 4.69) is 37.3 Å². The molecule has 1 saturated heterocycles. The van der Waals surface area contributed by atoms with Crippen LogP contribution in [-0.4, -0.2) is 61.9 Å². The Bertz CT molecular complexity index is 1400. The zero-order valence-corrected chi connectivity index (χ0v) is 22.6. The molecule has 1 fully saturated rings. The van der Waals surface area contributed by atoms with Crippen molar-refractivity contribution in [2.45, 2.75) is 31.7 Å². The van der Waals surface area contributed by atoms with Crippen molar-refractivity contribution in [3.63, 3.8) is 0 Å². The van der Waals surface area contributed by atoms with Crippen LogP contribution in [0.5, 0.6) is 0 Å². The number of amides is 1. The Morgan fingerprint density at radius 1 is 0.919 bits per heavy atom. The van der Waals surface area contributed by atoms with Crippen molar-refractivity contribution < 1.29 is 4.79 Å². The Kier molecular flexibility index (Phi) is 7.43. The number of hydrogen-bond acceptors (Lipinski definition) is 7. The average Bonchev–Trinajstić information content (AvgIpc) is 3.32. The van der Waals surface area contributed by atoms with E-state index in [-0.39, 0.29) is 5.91 Å². The Morgan fingerprint density at radius 2 is 1.62 bits per heavy atom. The number of carbonyl (C=O) groups excluding carboxylic acids is 1. The molecule has 1 aliphatic rings. The second kappa shape index (κ2) is 10.9. The maximum absolute atomic E-state index is 13.7. The van der Waals surface area contributed by atoms with Crippen LogP contribution < -0.4 is 4.90 Å². The molecule has 4 aromatic rings. The molecule has 10 heteroatoms. The van der Waals surface area contributed by atoms with Gasteiger partial charge in [-0.3, -0.25) is 4.79 Å². The fourth-order valence-electron chi connectivity index (χ4n) is 4.37. The van der Waals surface area contributed by atoms with Gasteiger partial charge in [0.1, 0.15) is 0 Å². The Balaban J connectivity index is 1.41. The normalized spacial score (nSPS) is 13.7. The van der Waals surface area contributed by atoms with Gasteiger partial charge in [0.15, 0.2) is 10.9 Å². The standard InChI is InChI=1S/C27H28ClN7OS/c1-18-9-10-22(16-23(18)28)35-24(17-37-27-29-19(2)15-20(3)30-27)25(31-32-35)26(36)34-13-11-33(12-14-34)21-7-5-4-6-8-21/h4-10,15-16H,11-14,17H2,1-3H3. The van der Waals surface area contributed by atoms with Crippen LogP contribution in [0.3, 0.4) is 0 Å². The number of rotatable bonds is 6. The highest BCUT2D eigenvalue weighted by Crippen LogP contribution is 2.27. The van der Waals surface area contributed by atoms with Gasteiger partial charge in [-0.1, -0.05) is 52.8 Å². The lowest BCUT2D eigenvalue weighted by Gasteiger charge is -2.35. The van der Waals surface area contributed by atoms with Gasteiger partial charge in [-0.25, -0.2) is 14.6 Å². The predicted octanol–water partition coefficient (Wildman–Crippen LogP) is 4.89. The summed E-state index contributed by atoms with van der Waals surface area (Å²) in [6.45, 7) is 8.60. The number of anilines is 1. The first-order valence-corrected chi connectivity index (χ1v) is 13.5. The lowest BCUT2D eigenvalue weighted by atomic mass is 10.2. The number of aromatic nitrogens is 5. The summed E-state index contributed by atoms with van der Waals surface area (Å²) in [6.07, 6.45) is 0. The first kappa shape index (κ1) is 25.2. The van der Waals surface area contributed by atoms with Gasteiger partial charge in [0.25, 0.3) is 5.91 Å². The van der Waals surface area contributed by atoms with E-state index in [4.69, 9.17) is 11.6 Å². The minimum Gasteiger partial charge on any atom is -0.368 e. The van der Waals surface area contributed by atoms with Crippen LogP contribution in [0.15, 0.2) is 59.8 Å². The quantitative estimate of drug-likeness (QED) is 0.258. The molecule has 0 unspecified atom stereocenters. The van der Waals surface area contributed by atoms with E-state index < -0.39 is 0 Å². The molecule has 190 valence electrons. The summed E-state index contributed by atoms with van der Waals surface area (Å²) >= 11 is 7.88. The second-order valence-electron chi connectivity index (χ2n) is 9.07. The van der Waals surface area contributed by atoms with Crippen LogP contribution in [0.25, 0.3) is 5.69 Å². The SMILES string of the molecule is Cc1cc(C)nc(SCc2c(C(=O)N3CCN(c4ccccc4)CC3)nnn2-c2ccc(C)c(Cl)c2)n1. The van der Waals surface area contributed by atoms with Crippen molar-refractivity contribution in [2.75, 3.05) is 31.1 Å². The average molecular weight is 534 g/mol. The van der Waals surface area contributed by atoms with Gasteiger partial charge in [0.05, 0.1) is 11.4 Å². The molecule has 0 aliphatic carbocycles. The number of hydrogen-bond donors (Lipinski definition) is 0. The third-order valence-electron chi connectivity index (χ3n) is 6.35. The van der Waals surface area contributed by atoms with Gasteiger partial charge in [0, 0.05) is 54.0 Å². The fraction of sp³-hybridized carbons (Fsp3) is 0.296. The summed E-state index contributed by atoms with van der Waals surface area (Å²) < 4.78 is 1.70. The van der Waals surface area contributed by atoms with Gasteiger partial charge in [-0.15, -0.1) is 5.10 Å². The molecule has 3 heterocycles. The van der Waals surface area contributed by atoms with Crippen molar-refractivity contribution in [1.29, 1.82) is 0 Å². The summed E-state index contributed by atoms with van der Waals surface area (Å²) in [6, 6.07) is 17.9. The summed E-state index contributed by atoms with van der Waals surface area (Å²) in [5.74, 6) is 0.320. The molecule has 2 aromatic carbocycles. The van der Waals surface area contributed by atoms with Crippen LogP contribution in [0.2, 0.25) is 5.02 Å². The van der Waals surface area contributed by atoms with E-state index >= 15 is 0 Å². The van der Waals surface area contributed by atoms with Crippen LogP contribution >= 0.6 is 23.4 Å². The van der Waals surface area contributed by atoms with E-state index in [1.54, 1.807) is 4.68 Å². The van der Waals surface area contributed by atoms with E-state index in [9.17, 15) is 4.79 Å². The number of para-hydroxylation sites is 1. The van der Waals surface area contributed by atoms with Gasteiger partial charge in [-0.05, 0) is 56.7 Å². The summed E-state index contributed by atoms with van der Waals surface area (Å²) in [5, 5.41) is 10.0. The molecule has 8 nitrogen and oxygen atoms in total. The summed E-state index contributed by atoms with van der Waals surface area (Å²) in [5.41, 5.74) is 5.75. The molecule has 0 saturated carbocycles. The van der Waals surface area contributed by atoms with E-state index in [0.717, 1.165) is 35.7 Å². The van der Waals surface area contributed by atoms with Gasteiger partial charge < -0.3 is 9.80 Å². The lowest BCUT2D eigenvalue weighted by Crippen LogP contribution is -2.49. The van der Waals surface area contributed by atoms with Crippen LogP contribution in [0.1, 0.15) is 33.1 Å². The number of benzene rings is 2. The molecule has 37 heavy (non-hydrogen) atoms. The molecule has 0 spiro atoms. The van der Waals surface area contributed by atoms with Gasteiger partial charge >= 0.3 is 0 Å². The molecule has 0 radical (unpaired) electrons. The zero-order valence-electron chi connectivity index (χ0n) is 21.1. The van der Waals surface area contributed by atoms with Crippen LogP contribution in [-0.2, 0) is 5.75 Å². The summed E-state index contributed by atoms with van der Waals surface area (Å²) in [4.78, 5) is 26.9. The first-order valence-electron chi connectivity index (χ1n) is 12.1. The Morgan fingerprint density at radius 3 is 2.30 bits per heavy atom. The Hall–Kier alpha value is -3.43. The third kappa shape index (κ3) is 5.62. The number of halogens is 1. The smallest absolute Gasteiger partial charge is 0.276 e. The van der Waals surface area contributed by atoms with Crippen molar-refractivity contribution in [1.82, 2.24) is 29.9 Å². The highest BCUT2D eigenvalue weighted by Gasteiger charge is 2.28. The predicted molar refractivity (Wildman–Crippen MR) is 147 cm³/mol. The Labute approximate surface area is 225 Å². The highest BCUT2D eigenvalue weighted by atomic mass is 35.5. The second-order valence-corrected chi connectivity index (χ2v) is 10.4. The molecule has 5 rings (SSSR count). The molecular weight excluding hydrogens is 506 g/mol. The van der Waals surface area contributed by atoms with Gasteiger partial charge in [-0.2, -0.15) is 0 Å². The molecule has 0 N–H and O–H groups in total. The number of piperazine rings is 1. The minimum absolute atomic E-state index is 0.117. The third-order valence-corrected chi connectivity index (χ3v) is 7.62. The zero-order chi connectivity index (χ0) is 25.9. The minimum atomic E-state index is -0.117. The van der Waals surface area contributed by atoms with E-state index in [1.807, 2.05) is 68.1 Å². The summed E-state index contributed by atoms with van der Waals surface area (Å²) in [7, 11) is 0. The molecule has 1 amide bonds.